The van der Waals surface area contributed by atoms with Gasteiger partial charge in [0.2, 0.25) is 0 Å². The number of rotatable bonds is 2. The summed E-state index contributed by atoms with van der Waals surface area (Å²) in [6, 6.07) is 0.380. The van der Waals surface area contributed by atoms with Crippen molar-refractivity contribution in [2.45, 2.75) is 45.3 Å². The van der Waals surface area contributed by atoms with E-state index in [-0.39, 0.29) is 11.5 Å². The number of nitrogens with zero attached hydrogens (tertiary/aromatic N) is 1. The van der Waals surface area contributed by atoms with Crippen LogP contribution in [0.3, 0.4) is 0 Å². The number of fused-ring (bicyclic) bond motifs is 1. The third-order valence-corrected chi connectivity index (χ3v) is 3.36. The van der Waals surface area contributed by atoms with Crippen molar-refractivity contribution < 1.29 is 14.3 Å². The quantitative estimate of drug-likeness (QED) is 0.724. The number of amides is 1. The van der Waals surface area contributed by atoms with Crippen molar-refractivity contribution in [3.05, 3.63) is 0 Å². The SMILES string of the molecule is COCC12CC(C1)N(C(=O)OC(C)(C)C)C2. The fraction of sp³-hybridized carbons (Fsp3) is 0.917. The Morgan fingerprint density at radius 3 is 2.56 bits per heavy atom. The Kier molecular flexibility index (Phi) is 2.65. The van der Waals surface area contributed by atoms with Crippen molar-refractivity contribution in [1.82, 2.24) is 4.90 Å². The lowest BCUT2D eigenvalue weighted by atomic mass is 9.71. The van der Waals surface area contributed by atoms with Gasteiger partial charge in [0, 0.05) is 25.1 Å². The summed E-state index contributed by atoms with van der Waals surface area (Å²) in [6.07, 6.45) is 1.97. The van der Waals surface area contributed by atoms with Crippen molar-refractivity contribution in [3.8, 4) is 0 Å². The molecule has 3 aliphatic rings. The number of ether oxygens (including phenoxy) is 2. The number of carbonyl (C=O) groups is 1. The van der Waals surface area contributed by atoms with Crippen LogP contribution in [-0.4, -0.2) is 42.9 Å². The van der Waals surface area contributed by atoms with Gasteiger partial charge in [0.25, 0.3) is 0 Å². The van der Waals surface area contributed by atoms with Crippen LogP contribution in [0, 0.1) is 5.41 Å². The molecular weight excluding hydrogens is 206 g/mol. The molecule has 1 saturated carbocycles. The summed E-state index contributed by atoms with van der Waals surface area (Å²) in [6.45, 7) is 7.24. The zero-order valence-corrected chi connectivity index (χ0v) is 10.6. The lowest BCUT2D eigenvalue weighted by Gasteiger charge is -2.36. The third-order valence-electron chi connectivity index (χ3n) is 3.36. The molecule has 3 rings (SSSR count). The first-order valence-corrected chi connectivity index (χ1v) is 5.84. The molecule has 4 heteroatoms. The first-order valence-electron chi connectivity index (χ1n) is 5.84. The van der Waals surface area contributed by atoms with Crippen LogP contribution in [0.1, 0.15) is 33.6 Å². The Morgan fingerprint density at radius 1 is 1.44 bits per heavy atom. The van der Waals surface area contributed by atoms with Gasteiger partial charge in [-0.05, 0) is 33.6 Å². The lowest BCUT2D eigenvalue weighted by molar-refractivity contribution is 0.0231. The standard InChI is InChI=1S/C12H21NO3/c1-11(2,3)16-10(14)13-7-12(8-15-4)5-9(13)6-12/h9H,5-8H2,1-4H3. The fourth-order valence-corrected chi connectivity index (χ4v) is 2.78. The van der Waals surface area contributed by atoms with Gasteiger partial charge in [-0.15, -0.1) is 0 Å². The van der Waals surface area contributed by atoms with Crippen molar-refractivity contribution >= 4 is 6.09 Å². The van der Waals surface area contributed by atoms with Crippen LogP contribution in [-0.2, 0) is 9.47 Å². The minimum absolute atomic E-state index is 0.173. The summed E-state index contributed by atoms with van der Waals surface area (Å²) in [4.78, 5) is 13.8. The highest BCUT2D eigenvalue weighted by Crippen LogP contribution is 2.52. The van der Waals surface area contributed by atoms with Gasteiger partial charge in [0.1, 0.15) is 5.60 Å². The molecule has 2 bridgehead atoms. The second-order valence-corrected chi connectivity index (χ2v) is 6.10. The first-order chi connectivity index (χ1) is 7.35. The zero-order chi connectivity index (χ0) is 12.0. The molecule has 2 heterocycles. The second-order valence-electron chi connectivity index (χ2n) is 6.10. The Labute approximate surface area is 96.9 Å². The number of carbonyl (C=O) groups excluding carboxylic acids is 1. The van der Waals surface area contributed by atoms with Crippen molar-refractivity contribution in [2.75, 3.05) is 20.3 Å². The van der Waals surface area contributed by atoms with Crippen molar-refractivity contribution in [2.24, 2.45) is 5.41 Å². The van der Waals surface area contributed by atoms with Crippen LogP contribution in [0.2, 0.25) is 0 Å². The topological polar surface area (TPSA) is 38.8 Å². The van der Waals surface area contributed by atoms with Crippen LogP contribution in [0.25, 0.3) is 0 Å². The Hall–Kier alpha value is -0.770. The minimum Gasteiger partial charge on any atom is -0.444 e. The molecule has 0 N–H and O–H groups in total. The van der Waals surface area contributed by atoms with Crippen LogP contribution in [0.15, 0.2) is 0 Å². The molecule has 1 amide bonds. The smallest absolute Gasteiger partial charge is 0.410 e. The van der Waals surface area contributed by atoms with E-state index >= 15 is 0 Å². The molecule has 2 aliphatic heterocycles. The average Bonchev–Trinajstić information content (AvgIpc) is 2.55. The molecule has 0 aromatic heterocycles. The molecule has 0 unspecified atom stereocenters. The highest BCUT2D eigenvalue weighted by Gasteiger charge is 2.57. The molecule has 0 aromatic rings. The molecule has 16 heavy (non-hydrogen) atoms. The lowest BCUT2D eigenvalue weighted by Crippen LogP contribution is -2.40. The molecule has 0 radical (unpaired) electrons. The van der Waals surface area contributed by atoms with Gasteiger partial charge in [-0.25, -0.2) is 4.79 Å². The monoisotopic (exact) mass is 227 g/mol. The van der Waals surface area contributed by atoms with Gasteiger partial charge in [-0.2, -0.15) is 0 Å². The van der Waals surface area contributed by atoms with Crippen LogP contribution in [0.5, 0.6) is 0 Å². The summed E-state index contributed by atoms with van der Waals surface area (Å²) in [5.41, 5.74) is -0.186. The third kappa shape index (κ3) is 2.03. The van der Waals surface area contributed by atoms with E-state index in [0.29, 0.717) is 6.04 Å². The first kappa shape index (κ1) is 11.7. The van der Waals surface area contributed by atoms with Crippen LogP contribution < -0.4 is 0 Å². The van der Waals surface area contributed by atoms with E-state index < -0.39 is 5.60 Å². The average molecular weight is 227 g/mol. The zero-order valence-electron chi connectivity index (χ0n) is 10.6. The normalized spacial score (nSPS) is 32.5. The second kappa shape index (κ2) is 3.62. The van der Waals surface area contributed by atoms with E-state index in [9.17, 15) is 4.79 Å². The molecule has 3 fully saturated rings. The molecule has 92 valence electrons. The molecule has 1 aliphatic carbocycles. The van der Waals surface area contributed by atoms with Gasteiger partial charge >= 0.3 is 6.09 Å². The Morgan fingerprint density at radius 2 is 2.06 bits per heavy atom. The van der Waals surface area contributed by atoms with E-state index in [4.69, 9.17) is 9.47 Å². The van der Waals surface area contributed by atoms with E-state index in [1.807, 2.05) is 25.7 Å². The summed E-state index contributed by atoms with van der Waals surface area (Å²) in [7, 11) is 1.72. The van der Waals surface area contributed by atoms with Crippen molar-refractivity contribution in [3.63, 3.8) is 0 Å². The van der Waals surface area contributed by atoms with Gasteiger partial charge in [-0.3, -0.25) is 0 Å². The van der Waals surface area contributed by atoms with Gasteiger partial charge < -0.3 is 14.4 Å². The molecule has 0 aromatic carbocycles. The van der Waals surface area contributed by atoms with Crippen LogP contribution >= 0.6 is 0 Å². The molecular formula is C12H21NO3. The van der Waals surface area contributed by atoms with Gasteiger partial charge in [0.05, 0.1) is 6.61 Å². The maximum atomic E-state index is 11.9. The molecule has 2 saturated heterocycles. The predicted octanol–water partition coefficient (Wildman–Crippen LogP) is 2.03. The summed E-state index contributed by atoms with van der Waals surface area (Å²) < 4.78 is 10.6. The van der Waals surface area contributed by atoms with Crippen LogP contribution in [0.4, 0.5) is 4.79 Å². The van der Waals surface area contributed by atoms with E-state index in [1.54, 1.807) is 7.11 Å². The summed E-state index contributed by atoms with van der Waals surface area (Å²) in [5, 5.41) is 0. The highest BCUT2D eigenvalue weighted by atomic mass is 16.6. The van der Waals surface area contributed by atoms with E-state index in [1.165, 1.54) is 0 Å². The van der Waals surface area contributed by atoms with Gasteiger partial charge in [-0.1, -0.05) is 0 Å². The number of hydrogen-bond donors (Lipinski definition) is 0. The van der Waals surface area contributed by atoms with E-state index in [0.717, 1.165) is 26.0 Å². The maximum Gasteiger partial charge on any atom is 0.410 e. The Balaban J connectivity index is 1.92. The maximum absolute atomic E-state index is 11.9. The fourth-order valence-electron chi connectivity index (χ4n) is 2.78. The molecule has 0 spiro atoms. The largest absolute Gasteiger partial charge is 0.444 e. The van der Waals surface area contributed by atoms with Gasteiger partial charge in [0.15, 0.2) is 0 Å². The summed E-state index contributed by atoms with van der Waals surface area (Å²) in [5.74, 6) is 0. The predicted molar refractivity (Wildman–Crippen MR) is 60.3 cm³/mol. The number of methoxy groups -OCH3 is 1. The summed E-state index contributed by atoms with van der Waals surface area (Å²) >= 11 is 0. The number of hydrogen-bond acceptors (Lipinski definition) is 3. The highest BCUT2D eigenvalue weighted by molar-refractivity contribution is 5.70. The molecule has 4 nitrogen and oxygen atoms in total. The van der Waals surface area contributed by atoms with E-state index in [2.05, 4.69) is 0 Å². The molecule has 0 atom stereocenters. The van der Waals surface area contributed by atoms with Crippen molar-refractivity contribution in [1.29, 1.82) is 0 Å². The Bertz CT molecular complexity index is 289. The minimum atomic E-state index is -0.404.